The third kappa shape index (κ3) is 3.99. The number of likely N-dealkylation sites (N-methyl/N-ethyl adjacent to an activating group) is 1. The number of halogens is 1. The molecular weight excluding hydrogens is 241 g/mol. The van der Waals surface area contributed by atoms with Gasteiger partial charge in [0.25, 0.3) is 0 Å². The molecule has 6 heteroatoms. The van der Waals surface area contributed by atoms with Crippen LogP contribution in [0.5, 0.6) is 0 Å². The van der Waals surface area contributed by atoms with Gasteiger partial charge in [-0.3, -0.25) is 4.79 Å². The highest BCUT2D eigenvalue weighted by atomic mass is 32.1. The van der Waals surface area contributed by atoms with Gasteiger partial charge in [-0.05, 0) is 25.1 Å². The predicted molar refractivity (Wildman–Crippen MR) is 69.5 cm³/mol. The van der Waals surface area contributed by atoms with Crippen molar-refractivity contribution in [3.63, 3.8) is 0 Å². The first-order valence-corrected chi connectivity index (χ1v) is 5.55. The van der Waals surface area contributed by atoms with Gasteiger partial charge in [-0.2, -0.15) is 0 Å². The van der Waals surface area contributed by atoms with Crippen LogP contribution < -0.4 is 16.4 Å². The Morgan fingerprint density at radius 3 is 2.82 bits per heavy atom. The maximum Gasteiger partial charge on any atom is 0.239 e. The molecule has 1 aromatic carbocycles. The van der Waals surface area contributed by atoms with Crippen LogP contribution in [0.25, 0.3) is 0 Å². The van der Waals surface area contributed by atoms with Crippen LogP contribution >= 0.6 is 12.2 Å². The first kappa shape index (κ1) is 13.4. The monoisotopic (exact) mass is 255 g/mol. The number of carbonyl (C=O) groups excluding carboxylic acids is 1. The van der Waals surface area contributed by atoms with E-state index in [9.17, 15) is 9.18 Å². The van der Waals surface area contributed by atoms with E-state index < -0.39 is 5.82 Å². The highest BCUT2D eigenvalue weighted by molar-refractivity contribution is 7.80. The minimum Gasteiger partial charge on any atom is -0.389 e. The summed E-state index contributed by atoms with van der Waals surface area (Å²) >= 11 is 4.81. The van der Waals surface area contributed by atoms with Gasteiger partial charge in [-0.1, -0.05) is 12.2 Å². The number of thiocarbonyl (C=S) groups is 1. The standard InChI is InChI=1S/C11H14FN3OS/c1-2-14-10(16)6-15-9-4-3-7(12)5-8(9)11(13)17/h3-5,15H,2,6H2,1H3,(H2,13,17)(H,14,16). The number of amides is 1. The summed E-state index contributed by atoms with van der Waals surface area (Å²) < 4.78 is 13.0. The summed E-state index contributed by atoms with van der Waals surface area (Å²) in [5.41, 5.74) is 6.41. The molecular formula is C11H14FN3OS. The zero-order valence-corrected chi connectivity index (χ0v) is 10.2. The molecule has 0 bridgehead atoms. The first-order chi connectivity index (χ1) is 8.04. The first-order valence-electron chi connectivity index (χ1n) is 5.14. The van der Waals surface area contributed by atoms with Crippen LogP contribution in [0.4, 0.5) is 10.1 Å². The van der Waals surface area contributed by atoms with E-state index in [1.165, 1.54) is 18.2 Å². The number of benzene rings is 1. The quantitative estimate of drug-likeness (QED) is 0.687. The average Bonchev–Trinajstić information content (AvgIpc) is 2.27. The van der Waals surface area contributed by atoms with Gasteiger partial charge < -0.3 is 16.4 Å². The molecule has 92 valence electrons. The summed E-state index contributed by atoms with van der Waals surface area (Å²) in [6.45, 7) is 2.48. The van der Waals surface area contributed by atoms with E-state index in [1.54, 1.807) is 0 Å². The summed E-state index contributed by atoms with van der Waals surface area (Å²) in [6.07, 6.45) is 0. The Morgan fingerprint density at radius 1 is 1.53 bits per heavy atom. The smallest absolute Gasteiger partial charge is 0.239 e. The predicted octanol–water partition coefficient (Wildman–Crippen LogP) is 1.01. The van der Waals surface area contributed by atoms with Crippen LogP contribution in [0, 0.1) is 5.82 Å². The van der Waals surface area contributed by atoms with Crippen molar-refractivity contribution < 1.29 is 9.18 Å². The third-order valence-corrected chi connectivity index (χ3v) is 2.28. The van der Waals surface area contributed by atoms with Crippen LogP contribution in [-0.4, -0.2) is 24.0 Å². The average molecular weight is 255 g/mol. The van der Waals surface area contributed by atoms with Crippen molar-refractivity contribution in [2.45, 2.75) is 6.92 Å². The van der Waals surface area contributed by atoms with E-state index in [0.717, 1.165) is 0 Å². The van der Waals surface area contributed by atoms with Crippen molar-refractivity contribution in [2.75, 3.05) is 18.4 Å². The minimum atomic E-state index is -0.420. The molecule has 0 aliphatic heterocycles. The van der Waals surface area contributed by atoms with Crippen molar-refractivity contribution in [3.8, 4) is 0 Å². The third-order valence-electron chi connectivity index (χ3n) is 2.06. The van der Waals surface area contributed by atoms with E-state index in [2.05, 4.69) is 10.6 Å². The number of rotatable bonds is 5. The number of hydrogen-bond acceptors (Lipinski definition) is 3. The molecule has 0 saturated carbocycles. The summed E-state index contributed by atoms with van der Waals surface area (Å²) in [4.78, 5) is 11.3. The molecule has 0 aliphatic rings. The summed E-state index contributed by atoms with van der Waals surface area (Å²) in [5.74, 6) is -0.568. The Kier molecular flexibility index (Phi) is 4.84. The number of nitrogens with one attached hydrogen (secondary N) is 2. The zero-order chi connectivity index (χ0) is 12.8. The molecule has 0 fully saturated rings. The second kappa shape index (κ2) is 6.15. The molecule has 1 rings (SSSR count). The summed E-state index contributed by atoms with van der Waals surface area (Å²) in [5, 5.41) is 5.50. The van der Waals surface area contributed by atoms with Crippen molar-refractivity contribution in [2.24, 2.45) is 5.73 Å². The molecule has 1 amide bonds. The maximum atomic E-state index is 13.0. The molecule has 0 saturated heterocycles. The van der Waals surface area contributed by atoms with Gasteiger partial charge in [-0.15, -0.1) is 0 Å². The molecule has 0 spiro atoms. The topological polar surface area (TPSA) is 67.2 Å². The van der Waals surface area contributed by atoms with Crippen LogP contribution in [0.3, 0.4) is 0 Å². The lowest BCUT2D eigenvalue weighted by Gasteiger charge is -2.11. The Labute approximate surface area is 104 Å². The second-order valence-electron chi connectivity index (χ2n) is 3.36. The van der Waals surface area contributed by atoms with Crippen LogP contribution in [0.15, 0.2) is 18.2 Å². The van der Waals surface area contributed by atoms with Gasteiger partial charge >= 0.3 is 0 Å². The molecule has 1 aromatic rings. The largest absolute Gasteiger partial charge is 0.389 e. The van der Waals surface area contributed by atoms with E-state index in [0.29, 0.717) is 17.8 Å². The fourth-order valence-electron chi connectivity index (χ4n) is 1.31. The van der Waals surface area contributed by atoms with Gasteiger partial charge in [0.15, 0.2) is 0 Å². The van der Waals surface area contributed by atoms with E-state index >= 15 is 0 Å². The normalized spacial score (nSPS) is 9.76. The molecule has 0 radical (unpaired) electrons. The second-order valence-corrected chi connectivity index (χ2v) is 3.80. The summed E-state index contributed by atoms with van der Waals surface area (Å²) in [7, 11) is 0. The fraction of sp³-hybridized carbons (Fsp3) is 0.273. The van der Waals surface area contributed by atoms with Gasteiger partial charge in [0.05, 0.1) is 6.54 Å². The fourth-order valence-corrected chi connectivity index (χ4v) is 1.48. The lowest BCUT2D eigenvalue weighted by Crippen LogP contribution is -2.30. The Hall–Kier alpha value is -1.69. The lowest BCUT2D eigenvalue weighted by molar-refractivity contribution is -0.119. The number of hydrogen-bond donors (Lipinski definition) is 3. The van der Waals surface area contributed by atoms with E-state index in [-0.39, 0.29) is 17.4 Å². The molecule has 0 atom stereocenters. The molecule has 0 heterocycles. The van der Waals surface area contributed by atoms with Crippen molar-refractivity contribution >= 4 is 28.8 Å². The van der Waals surface area contributed by atoms with Gasteiger partial charge in [0.2, 0.25) is 5.91 Å². The van der Waals surface area contributed by atoms with Gasteiger partial charge in [0.1, 0.15) is 10.8 Å². The molecule has 0 aliphatic carbocycles. The molecule has 17 heavy (non-hydrogen) atoms. The Morgan fingerprint density at radius 2 is 2.24 bits per heavy atom. The van der Waals surface area contributed by atoms with Crippen molar-refractivity contribution in [3.05, 3.63) is 29.6 Å². The Balaban J connectivity index is 2.77. The van der Waals surface area contributed by atoms with Crippen molar-refractivity contribution in [1.29, 1.82) is 0 Å². The highest BCUT2D eigenvalue weighted by Crippen LogP contribution is 2.16. The van der Waals surface area contributed by atoms with E-state index in [1.807, 2.05) is 6.92 Å². The number of anilines is 1. The number of nitrogens with two attached hydrogens (primary N) is 1. The SMILES string of the molecule is CCNC(=O)CNc1ccc(F)cc1C(N)=S. The number of carbonyl (C=O) groups is 1. The molecule has 4 nitrogen and oxygen atoms in total. The minimum absolute atomic E-state index is 0.0860. The van der Waals surface area contributed by atoms with Gasteiger partial charge in [0, 0.05) is 17.8 Å². The van der Waals surface area contributed by atoms with Crippen LogP contribution in [-0.2, 0) is 4.79 Å². The lowest BCUT2D eigenvalue weighted by atomic mass is 10.1. The zero-order valence-electron chi connectivity index (χ0n) is 9.42. The van der Waals surface area contributed by atoms with Crippen LogP contribution in [0.2, 0.25) is 0 Å². The maximum absolute atomic E-state index is 13.0. The highest BCUT2D eigenvalue weighted by Gasteiger charge is 2.07. The van der Waals surface area contributed by atoms with Crippen molar-refractivity contribution in [1.82, 2.24) is 5.32 Å². The molecule has 0 unspecified atom stereocenters. The Bertz CT molecular complexity index is 437. The summed E-state index contributed by atoms with van der Waals surface area (Å²) in [6, 6.07) is 4.02. The molecule has 4 N–H and O–H groups in total. The van der Waals surface area contributed by atoms with E-state index in [4.69, 9.17) is 18.0 Å². The molecule has 0 aromatic heterocycles. The van der Waals surface area contributed by atoms with Gasteiger partial charge in [-0.25, -0.2) is 4.39 Å². The van der Waals surface area contributed by atoms with Crippen LogP contribution in [0.1, 0.15) is 12.5 Å².